The lowest BCUT2D eigenvalue weighted by Crippen LogP contribution is -2.48. The highest BCUT2D eigenvalue weighted by Gasteiger charge is 2.47. The Hall–Kier alpha value is -3.58. The molecule has 44 heavy (non-hydrogen) atoms. The summed E-state index contributed by atoms with van der Waals surface area (Å²) in [5.41, 5.74) is 2.81. The Labute approximate surface area is 257 Å². The fourth-order valence-corrected chi connectivity index (χ4v) is 6.39. The van der Waals surface area contributed by atoms with Crippen LogP contribution in [0.2, 0.25) is 0 Å². The Bertz CT molecular complexity index is 1440. The zero-order valence-electron chi connectivity index (χ0n) is 24.0. The van der Waals surface area contributed by atoms with E-state index in [1.54, 1.807) is 43.1 Å². The highest BCUT2D eigenvalue weighted by molar-refractivity contribution is 7.99. The van der Waals surface area contributed by atoms with Crippen LogP contribution in [-0.2, 0) is 25.7 Å². The van der Waals surface area contributed by atoms with Gasteiger partial charge >= 0.3 is 12.1 Å². The summed E-state index contributed by atoms with van der Waals surface area (Å²) in [6.07, 6.45) is -5.17. The molecule has 0 aliphatic carbocycles. The highest BCUT2D eigenvalue weighted by Crippen LogP contribution is 2.40. The molecule has 0 aromatic heterocycles. The summed E-state index contributed by atoms with van der Waals surface area (Å²) in [6.45, 7) is -0.178. The number of likely N-dealkylation sites (tertiary alicyclic amines) is 1. The predicted molar refractivity (Wildman–Crippen MR) is 158 cm³/mol. The van der Waals surface area contributed by atoms with Crippen molar-refractivity contribution in [3.05, 3.63) is 89.5 Å². The Morgan fingerprint density at radius 2 is 1.73 bits per heavy atom. The van der Waals surface area contributed by atoms with Gasteiger partial charge in [-0.15, -0.1) is 11.8 Å². The molecule has 234 valence electrons. The molecule has 8 nitrogen and oxygen atoms in total. The first-order valence-corrected chi connectivity index (χ1v) is 15.2. The number of halogens is 3. The first-order chi connectivity index (χ1) is 21.2. The maximum absolute atomic E-state index is 13.0. The van der Waals surface area contributed by atoms with Crippen molar-refractivity contribution in [2.45, 2.75) is 61.5 Å². The molecule has 0 saturated carbocycles. The van der Waals surface area contributed by atoms with E-state index in [2.05, 4.69) is 5.32 Å². The quantitative estimate of drug-likeness (QED) is 0.279. The van der Waals surface area contributed by atoms with E-state index in [-0.39, 0.29) is 31.8 Å². The number of carbonyl (C=O) groups is 2. The maximum atomic E-state index is 13.0. The third-order valence-electron chi connectivity index (χ3n) is 7.62. The van der Waals surface area contributed by atoms with E-state index < -0.39 is 30.3 Å². The summed E-state index contributed by atoms with van der Waals surface area (Å²) in [7, 11) is 1.63. The van der Waals surface area contributed by atoms with Gasteiger partial charge in [-0.05, 0) is 48.2 Å². The number of rotatable bonds is 9. The van der Waals surface area contributed by atoms with Crippen molar-refractivity contribution >= 4 is 29.3 Å². The monoisotopic (exact) mass is 630 g/mol. The van der Waals surface area contributed by atoms with E-state index in [9.17, 15) is 27.9 Å². The van der Waals surface area contributed by atoms with Gasteiger partial charge < -0.3 is 29.5 Å². The van der Waals surface area contributed by atoms with Crippen LogP contribution in [0.5, 0.6) is 5.75 Å². The summed E-state index contributed by atoms with van der Waals surface area (Å²) in [4.78, 5) is 26.2. The van der Waals surface area contributed by atoms with Crippen molar-refractivity contribution in [1.29, 1.82) is 0 Å². The fourth-order valence-electron chi connectivity index (χ4n) is 5.34. The number of carbonyl (C=O) groups excluding carboxylic acids is 2. The Balaban J connectivity index is 1.29. The number of nitrogens with zero attached hydrogens (tertiary/aromatic N) is 1. The second kappa shape index (κ2) is 14.0. The second-order valence-corrected chi connectivity index (χ2v) is 11.6. The molecule has 0 unspecified atom stereocenters. The number of para-hydroxylation sites is 1. The number of aliphatic hydroxyl groups is 1. The number of alkyl halides is 3. The molecule has 0 bridgehead atoms. The minimum Gasteiger partial charge on any atom is -0.496 e. The standard InChI is InChI=1S/C32H33F3N2O6S/c1-41-26-6-2-3-7-28(26)44-19-24-17-27(21-10-8-20(18-38)9-11-21)43-30(42-24)22-12-14-23(15-13-22)36-29(39)25-5-4-16-37(25)31(40)32(33,34)35/h2-3,6-15,24-25,27,30,38H,4-5,16-19H2,1H3,(H,36,39)/t24-,25+,27+,30+/m1/s1. The van der Waals surface area contributed by atoms with Gasteiger partial charge in [-0.25, -0.2) is 0 Å². The average molecular weight is 631 g/mol. The number of nitrogens with one attached hydrogen (secondary N) is 1. The van der Waals surface area contributed by atoms with E-state index >= 15 is 0 Å². The minimum atomic E-state index is -5.03. The topological polar surface area (TPSA) is 97.3 Å². The van der Waals surface area contributed by atoms with Crippen molar-refractivity contribution in [2.24, 2.45) is 0 Å². The molecule has 3 aromatic rings. The largest absolute Gasteiger partial charge is 0.496 e. The number of thioether (sulfide) groups is 1. The van der Waals surface area contributed by atoms with Gasteiger partial charge in [0.15, 0.2) is 6.29 Å². The zero-order valence-corrected chi connectivity index (χ0v) is 24.8. The van der Waals surface area contributed by atoms with E-state index in [0.717, 1.165) is 21.8 Å². The van der Waals surface area contributed by atoms with Gasteiger partial charge in [0.05, 0.1) is 25.9 Å². The molecule has 0 radical (unpaired) electrons. The van der Waals surface area contributed by atoms with Crippen LogP contribution in [0, 0.1) is 0 Å². The number of amides is 2. The summed E-state index contributed by atoms with van der Waals surface area (Å²) < 4.78 is 57.2. The van der Waals surface area contributed by atoms with Crippen molar-refractivity contribution in [1.82, 2.24) is 4.90 Å². The molecule has 3 aromatic carbocycles. The third kappa shape index (κ3) is 7.55. The first kappa shape index (κ1) is 31.8. The number of ether oxygens (including phenoxy) is 3. The van der Waals surface area contributed by atoms with Crippen LogP contribution in [-0.4, -0.2) is 59.6 Å². The number of anilines is 1. The first-order valence-electron chi connectivity index (χ1n) is 14.2. The molecule has 2 heterocycles. The van der Waals surface area contributed by atoms with E-state index in [0.29, 0.717) is 34.7 Å². The van der Waals surface area contributed by atoms with Crippen LogP contribution in [0.4, 0.5) is 18.9 Å². The van der Waals surface area contributed by atoms with E-state index in [1.807, 2.05) is 48.5 Å². The lowest BCUT2D eigenvalue weighted by atomic mass is 10.0. The molecule has 2 aliphatic rings. The van der Waals surface area contributed by atoms with Crippen LogP contribution in [0.15, 0.2) is 77.7 Å². The molecule has 2 aliphatic heterocycles. The summed E-state index contributed by atoms with van der Waals surface area (Å²) in [6, 6.07) is 20.8. The van der Waals surface area contributed by atoms with Crippen LogP contribution in [0.25, 0.3) is 0 Å². The Morgan fingerprint density at radius 1 is 1.02 bits per heavy atom. The zero-order chi connectivity index (χ0) is 31.3. The number of hydrogen-bond donors (Lipinski definition) is 2. The Morgan fingerprint density at radius 3 is 2.41 bits per heavy atom. The lowest BCUT2D eigenvalue weighted by molar-refractivity contribution is -0.245. The second-order valence-electron chi connectivity index (χ2n) is 10.6. The van der Waals surface area contributed by atoms with Crippen molar-refractivity contribution < 1.29 is 42.1 Å². The van der Waals surface area contributed by atoms with Gasteiger partial charge in [-0.3, -0.25) is 9.59 Å². The summed E-state index contributed by atoms with van der Waals surface area (Å²) in [5, 5.41) is 12.1. The minimum absolute atomic E-state index is 0.0595. The van der Waals surface area contributed by atoms with Gasteiger partial charge in [-0.1, -0.05) is 48.5 Å². The smallest absolute Gasteiger partial charge is 0.471 e. The van der Waals surface area contributed by atoms with Crippen LogP contribution in [0.1, 0.15) is 48.3 Å². The van der Waals surface area contributed by atoms with Crippen molar-refractivity contribution in [3.63, 3.8) is 0 Å². The van der Waals surface area contributed by atoms with Crippen molar-refractivity contribution in [2.75, 3.05) is 24.7 Å². The fraction of sp³-hybridized carbons (Fsp3) is 0.375. The normalized spacial score (nSPS) is 22.1. The van der Waals surface area contributed by atoms with Gasteiger partial charge in [-0.2, -0.15) is 13.2 Å². The molecule has 5 rings (SSSR count). The van der Waals surface area contributed by atoms with E-state index in [1.165, 1.54) is 0 Å². The Kier molecular flexibility index (Phi) is 10.1. The van der Waals surface area contributed by atoms with Gasteiger partial charge in [0, 0.05) is 34.9 Å². The van der Waals surface area contributed by atoms with Crippen molar-refractivity contribution in [3.8, 4) is 5.75 Å². The van der Waals surface area contributed by atoms with Crippen LogP contribution < -0.4 is 10.1 Å². The number of benzene rings is 3. The maximum Gasteiger partial charge on any atom is 0.471 e. The molecule has 12 heteroatoms. The van der Waals surface area contributed by atoms with Crippen LogP contribution in [0.3, 0.4) is 0 Å². The number of aliphatic hydroxyl groups excluding tert-OH is 1. The summed E-state index contributed by atoms with van der Waals surface area (Å²) in [5.74, 6) is -1.26. The van der Waals surface area contributed by atoms with Gasteiger partial charge in [0.25, 0.3) is 0 Å². The molecular formula is C32H33F3N2O6S. The molecule has 2 amide bonds. The lowest BCUT2D eigenvalue weighted by Gasteiger charge is -2.36. The molecule has 2 N–H and O–H groups in total. The number of hydrogen-bond acceptors (Lipinski definition) is 7. The van der Waals surface area contributed by atoms with E-state index in [4.69, 9.17) is 14.2 Å². The third-order valence-corrected chi connectivity index (χ3v) is 8.80. The molecular weight excluding hydrogens is 597 g/mol. The predicted octanol–water partition coefficient (Wildman–Crippen LogP) is 6.02. The highest BCUT2D eigenvalue weighted by atomic mass is 32.2. The average Bonchev–Trinajstić information content (AvgIpc) is 3.53. The SMILES string of the molecule is COc1ccccc1SC[C@H]1C[C@@H](c2ccc(CO)cc2)O[C@@H](c2ccc(NC(=O)[C@@H]3CCCN3C(=O)C(F)(F)F)cc2)O1. The molecule has 4 atom stereocenters. The van der Waals surface area contributed by atoms with Crippen LogP contribution >= 0.6 is 11.8 Å². The molecule has 2 fully saturated rings. The molecule has 2 saturated heterocycles. The van der Waals surface area contributed by atoms with Gasteiger partial charge in [0.1, 0.15) is 11.8 Å². The summed E-state index contributed by atoms with van der Waals surface area (Å²) >= 11 is 1.62. The van der Waals surface area contributed by atoms with Gasteiger partial charge in [0.2, 0.25) is 5.91 Å². The molecule has 0 spiro atoms. The number of methoxy groups -OCH3 is 1.